The molecule has 0 saturated carbocycles. The Morgan fingerprint density at radius 2 is 1.81 bits per heavy atom. The Kier molecular flexibility index (Phi) is 8.27. The first kappa shape index (κ1) is 29.8. The zero-order valence-corrected chi connectivity index (χ0v) is 23.6. The highest BCUT2D eigenvalue weighted by molar-refractivity contribution is 6.07. The summed E-state index contributed by atoms with van der Waals surface area (Å²) in [5.41, 5.74) is 2.64. The predicted octanol–water partition coefficient (Wildman–Crippen LogP) is 6.82. The molecule has 3 aromatic carbocycles. The molecule has 0 aliphatic carbocycles. The Morgan fingerprint density at radius 1 is 1.05 bits per heavy atom. The number of carbonyl (C=O) groups excluding carboxylic acids is 1. The van der Waals surface area contributed by atoms with Crippen LogP contribution in [0.2, 0.25) is 0 Å². The van der Waals surface area contributed by atoms with E-state index in [1.165, 1.54) is 31.4 Å². The number of hydrogen-bond acceptors (Lipinski definition) is 5. The number of rotatable bonds is 9. The number of fused-ring (bicyclic) bond motifs is 2. The highest BCUT2D eigenvalue weighted by atomic mass is 19.4. The van der Waals surface area contributed by atoms with Crippen molar-refractivity contribution in [1.29, 1.82) is 0 Å². The first-order chi connectivity index (χ1) is 20.5. The van der Waals surface area contributed by atoms with Crippen molar-refractivity contribution in [3.63, 3.8) is 0 Å². The summed E-state index contributed by atoms with van der Waals surface area (Å²) in [6, 6.07) is 16.3. The Hall–Kier alpha value is -4.64. The number of alkyl halides is 3. The number of nitrogens with one attached hydrogen (secondary N) is 1. The molecule has 0 aliphatic heterocycles. The molecule has 5 rings (SSSR count). The van der Waals surface area contributed by atoms with Crippen LogP contribution in [0.15, 0.2) is 72.9 Å². The molecule has 224 valence electrons. The van der Waals surface area contributed by atoms with Crippen molar-refractivity contribution in [2.45, 2.75) is 38.7 Å². The fourth-order valence-corrected chi connectivity index (χ4v) is 5.12. The van der Waals surface area contributed by atoms with Crippen molar-refractivity contribution in [3.8, 4) is 22.8 Å². The van der Waals surface area contributed by atoms with Gasteiger partial charge in [-0.15, -0.1) is 13.2 Å². The molecule has 1 atom stereocenters. The standard InChI is InChI=1S/C32H29F4N3O4/c1-18(2)39-16-20(23-6-4-5-7-29(23)39)12-21(17-40)37-31(41)25-15-28(19-8-11-30(42-3)26(33)13-19)38-27-10-9-22(14-24(25)27)43-32(34,35)36/h4-11,13-16,18,21,40H,12,17H2,1-3H3,(H,37,41). The molecule has 43 heavy (non-hydrogen) atoms. The van der Waals surface area contributed by atoms with Crippen molar-refractivity contribution < 1.29 is 36.9 Å². The number of para-hydroxylation sites is 1. The summed E-state index contributed by atoms with van der Waals surface area (Å²) >= 11 is 0. The molecule has 0 bridgehead atoms. The number of aliphatic hydroxyl groups is 1. The lowest BCUT2D eigenvalue weighted by Gasteiger charge is -2.18. The molecular weight excluding hydrogens is 566 g/mol. The van der Waals surface area contributed by atoms with E-state index in [9.17, 15) is 27.5 Å². The highest BCUT2D eigenvalue weighted by Gasteiger charge is 2.31. The zero-order chi connectivity index (χ0) is 30.9. The Morgan fingerprint density at radius 3 is 2.49 bits per heavy atom. The first-order valence-electron chi connectivity index (χ1n) is 13.5. The average molecular weight is 596 g/mol. The minimum atomic E-state index is -4.94. The second-order valence-electron chi connectivity index (χ2n) is 10.4. The van der Waals surface area contributed by atoms with Gasteiger partial charge in [-0.2, -0.15) is 0 Å². The van der Waals surface area contributed by atoms with Crippen LogP contribution in [0, 0.1) is 5.82 Å². The van der Waals surface area contributed by atoms with Crippen LogP contribution in [0.1, 0.15) is 35.8 Å². The summed E-state index contributed by atoms with van der Waals surface area (Å²) in [7, 11) is 1.33. The summed E-state index contributed by atoms with van der Waals surface area (Å²) in [5.74, 6) is -1.82. The Bertz CT molecular complexity index is 1800. The number of methoxy groups -OCH3 is 1. The second kappa shape index (κ2) is 11.9. The van der Waals surface area contributed by atoms with Crippen LogP contribution in [-0.4, -0.2) is 46.7 Å². The molecule has 2 aromatic heterocycles. The fraction of sp³-hybridized carbons (Fsp3) is 0.250. The van der Waals surface area contributed by atoms with E-state index in [0.29, 0.717) is 12.0 Å². The number of carbonyl (C=O) groups is 1. The van der Waals surface area contributed by atoms with Crippen molar-refractivity contribution in [2.75, 3.05) is 13.7 Å². The lowest BCUT2D eigenvalue weighted by Crippen LogP contribution is -2.39. The third-order valence-corrected chi connectivity index (χ3v) is 7.11. The van der Waals surface area contributed by atoms with Gasteiger partial charge in [0, 0.05) is 34.1 Å². The highest BCUT2D eigenvalue weighted by Crippen LogP contribution is 2.32. The van der Waals surface area contributed by atoms with Crippen LogP contribution in [0.25, 0.3) is 33.1 Å². The number of aliphatic hydroxyl groups excluding tert-OH is 1. The number of benzene rings is 3. The fourth-order valence-electron chi connectivity index (χ4n) is 5.12. The van der Waals surface area contributed by atoms with Gasteiger partial charge >= 0.3 is 6.36 Å². The largest absolute Gasteiger partial charge is 0.573 e. The molecule has 0 spiro atoms. The maximum Gasteiger partial charge on any atom is 0.573 e. The number of halogens is 4. The molecule has 1 amide bonds. The molecule has 2 N–H and O–H groups in total. The Labute approximate surface area is 244 Å². The van der Waals surface area contributed by atoms with Gasteiger partial charge in [0.2, 0.25) is 0 Å². The smallest absolute Gasteiger partial charge is 0.494 e. The summed E-state index contributed by atoms with van der Waals surface area (Å²) < 4.78 is 64.6. The van der Waals surface area contributed by atoms with Crippen LogP contribution in [0.4, 0.5) is 17.6 Å². The summed E-state index contributed by atoms with van der Waals surface area (Å²) in [5, 5.41) is 14.1. The first-order valence-corrected chi connectivity index (χ1v) is 13.5. The number of pyridine rings is 1. The van der Waals surface area contributed by atoms with Crippen LogP contribution in [0.5, 0.6) is 11.5 Å². The molecule has 7 nitrogen and oxygen atoms in total. The lowest BCUT2D eigenvalue weighted by atomic mass is 10.0. The SMILES string of the molecule is COc1ccc(-c2cc(C(=O)NC(CO)Cc3cn(C(C)C)c4ccccc34)c3cc(OC(F)(F)F)ccc3n2)cc1F. The van der Waals surface area contributed by atoms with E-state index in [1.807, 2.05) is 30.5 Å². The summed E-state index contributed by atoms with van der Waals surface area (Å²) in [6.07, 6.45) is -2.66. The van der Waals surface area contributed by atoms with Crippen LogP contribution < -0.4 is 14.8 Å². The van der Waals surface area contributed by atoms with E-state index >= 15 is 0 Å². The zero-order valence-electron chi connectivity index (χ0n) is 23.6. The van der Waals surface area contributed by atoms with Gasteiger partial charge in [0.05, 0.1) is 36.5 Å². The molecule has 2 heterocycles. The van der Waals surface area contributed by atoms with Gasteiger partial charge in [0.25, 0.3) is 5.91 Å². The van der Waals surface area contributed by atoms with Gasteiger partial charge in [0.1, 0.15) is 5.75 Å². The minimum absolute atomic E-state index is 0.0149. The molecular formula is C32H29F4N3O4. The summed E-state index contributed by atoms with van der Waals surface area (Å²) in [4.78, 5) is 18.2. The number of nitrogens with zero attached hydrogens (tertiary/aromatic N) is 2. The van der Waals surface area contributed by atoms with Crippen LogP contribution in [0.3, 0.4) is 0 Å². The third kappa shape index (κ3) is 6.41. The van der Waals surface area contributed by atoms with E-state index in [-0.39, 0.29) is 34.0 Å². The van der Waals surface area contributed by atoms with Crippen molar-refractivity contribution in [3.05, 3.63) is 89.9 Å². The topological polar surface area (TPSA) is 85.6 Å². The van der Waals surface area contributed by atoms with Gasteiger partial charge in [-0.1, -0.05) is 18.2 Å². The molecule has 0 fully saturated rings. The molecule has 5 aromatic rings. The number of amides is 1. The van der Waals surface area contributed by atoms with Gasteiger partial charge in [0.15, 0.2) is 11.6 Å². The molecule has 1 unspecified atom stereocenters. The van der Waals surface area contributed by atoms with Gasteiger partial charge in [-0.25, -0.2) is 9.37 Å². The van der Waals surface area contributed by atoms with Crippen molar-refractivity contribution in [1.82, 2.24) is 14.9 Å². The molecule has 0 saturated heterocycles. The maximum absolute atomic E-state index is 14.5. The minimum Gasteiger partial charge on any atom is -0.494 e. The van der Waals surface area contributed by atoms with E-state index in [0.717, 1.165) is 28.6 Å². The Balaban J connectivity index is 1.54. The van der Waals surface area contributed by atoms with E-state index in [4.69, 9.17) is 4.74 Å². The van der Waals surface area contributed by atoms with Gasteiger partial charge in [-0.05, 0) is 74.4 Å². The molecule has 0 radical (unpaired) electrons. The molecule has 11 heteroatoms. The predicted molar refractivity (Wildman–Crippen MR) is 155 cm³/mol. The van der Waals surface area contributed by atoms with Crippen molar-refractivity contribution >= 4 is 27.7 Å². The number of hydrogen-bond donors (Lipinski definition) is 2. The number of aromatic nitrogens is 2. The van der Waals surface area contributed by atoms with Crippen LogP contribution in [-0.2, 0) is 6.42 Å². The summed E-state index contributed by atoms with van der Waals surface area (Å²) in [6.45, 7) is 3.72. The van der Waals surface area contributed by atoms with Crippen LogP contribution >= 0.6 is 0 Å². The average Bonchev–Trinajstić information content (AvgIpc) is 3.34. The normalized spacial score (nSPS) is 12.6. The lowest BCUT2D eigenvalue weighted by molar-refractivity contribution is -0.274. The monoisotopic (exact) mass is 595 g/mol. The third-order valence-electron chi connectivity index (χ3n) is 7.11. The van der Waals surface area contributed by atoms with Gasteiger partial charge in [-0.3, -0.25) is 4.79 Å². The van der Waals surface area contributed by atoms with Crippen molar-refractivity contribution in [2.24, 2.45) is 0 Å². The van der Waals surface area contributed by atoms with E-state index < -0.39 is 36.5 Å². The van der Waals surface area contributed by atoms with E-state index in [2.05, 4.69) is 33.5 Å². The van der Waals surface area contributed by atoms with E-state index in [1.54, 1.807) is 6.07 Å². The molecule has 0 aliphatic rings. The van der Waals surface area contributed by atoms with Gasteiger partial charge < -0.3 is 24.5 Å². The quantitative estimate of drug-likeness (QED) is 0.183. The maximum atomic E-state index is 14.5. The number of ether oxygens (including phenoxy) is 2. The second-order valence-corrected chi connectivity index (χ2v) is 10.4.